The van der Waals surface area contributed by atoms with Gasteiger partial charge in [-0.2, -0.15) is 0 Å². The molecule has 0 saturated carbocycles. The highest BCUT2D eigenvalue weighted by Crippen LogP contribution is 2.29. The van der Waals surface area contributed by atoms with Crippen molar-refractivity contribution in [3.8, 4) is 0 Å². The highest BCUT2D eigenvalue weighted by molar-refractivity contribution is 6.83. The first-order valence-corrected chi connectivity index (χ1v) is 8.34. The van der Waals surface area contributed by atoms with Crippen LogP contribution in [0.4, 0.5) is 0 Å². The molecule has 1 nitrogen and oxygen atoms in total. The fourth-order valence-corrected chi connectivity index (χ4v) is 3.99. The molecule has 2 heteroatoms. The lowest BCUT2D eigenvalue weighted by atomic mass is 9.89. The van der Waals surface area contributed by atoms with E-state index >= 15 is 0 Å². The molecule has 0 aliphatic heterocycles. The molecule has 0 radical (unpaired) electrons. The molecule has 0 fully saturated rings. The first-order valence-electron chi connectivity index (χ1n) is 4.84. The molecule has 0 heterocycles. The topological polar surface area (TPSA) is 26.0 Å². The number of nitrogens with two attached hydrogens (primary N) is 1. The van der Waals surface area contributed by atoms with Crippen LogP contribution in [0.1, 0.15) is 20.8 Å². The highest BCUT2D eigenvalue weighted by atomic mass is 28.3. The van der Waals surface area contributed by atoms with Crippen molar-refractivity contribution in [1.29, 1.82) is 0 Å². The molecule has 0 aliphatic carbocycles. The first kappa shape index (κ1) is 12.7. The van der Waals surface area contributed by atoms with Crippen molar-refractivity contribution in [2.45, 2.75) is 46.0 Å². The molecule has 1 atom stereocenters. The van der Waals surface area contributed by atoms with Crippen LogP contribution in [-0.2, 0) is 0 Å². The van der Waals surface area contributed by atoms with Crippen LogP contribution in [0.3, 0.4) is 0 Å². The zero-order valence-corrected chi connectivity index (χ0v) is 10.9. The van der Waals surface area contributed by atoms with E-state index in [0.29, 0.717) is 5.92 Å². The highest BCUT2D eigenvalue weighted by Gasteiger charge is 2.35. The lowest BCUT2D eigenvalue weighted by Crippen LogP contribution is -2.50. The van der Waals surface area contributed by atoms with E-state index in [4.69, 9.17) is 5.73 Å². The Morgan fingerprint density at radius 1 is 1.38 bits per heavy atom. The van der Waals surface area contributed by atoms with Gasteiger partial charge in [0.2, 0.25) is 0 Å². The summed E-state index contributed by atoms with van der Waals surface area (Å²) < 4.78 is 0. The van der Waals surface area contributed by atoms with Crippen LogP contribution in [0.5, 0.6) is 0 Å². The smallest absolute Gasteiger partial charge is 0.0847 e. The maximum atomic E-state index is 6.30. The van der Waals surface area contributed by atoms with Crippen LogP contribution in [0.2, 0.25) is 19.6 Å². The molecule has 0 aromatic rings. The van der Waals surface area contributed by atoms with Gasteiger partial charge in [0.1, 0.15) is 0 Å². The molecule has 2 N–H and O–H groups in total. The van der Waals surface area contributed by atoms with Crippen molar-refractivity contribution >= 4 is 8.07 Å². The minimum absolute atomic E-state index is 0.244. The summed E-state index contributed by atoms with van der Waals surface area (Å²) in [5.41, 5.74) is 9.12. The molecular weight excluding hydrogens is 174 g/mol. The van der Waals surface area contributed by atoms with E-state index in [1.54, 1.807) is 0 Å². The minimum atomic E-state index is -1.37. The maximum Gasteiger partial charge on any atom is 0.0847 e. The van der Waals surface area contributed by atoms with Gasteiger partial charge in [0, 0.05) is 5.54 Å². The summed E-state index contributed by atoms with van der Waals surface area (Å²) in [5.74, 6) is 0.434. The van der Waals surface area contributed by atoms with E-state index in [1.807, 2.05) is 0 Å². The van der Waals surface area contributed by atoms with Crippen LogP contribution in [0, 0.1) is 5.92 Å². The molecule has 0 spiro atoms. The van der Waals surface area contributed by atoms with Crippen LogP contribution in [0.25, 0.3) is 0 Å². The van der Waals surface area contributed by atoms with Crippen molar-refractivity contribution in [2.24, 2.45) is 11.7 Å². The molecular formula is C11H23NSi. The van der Waals surface area contributed by atoms with E-state index in [0.717, 1.165) is 0 Å². The van der Waals surface area contributed by atoms with Gasteiger partial charge in [-0.1, -0.05) is 40.1 Å². The van der Waals surface area contributed by atoms with E-state index in [-0.39, 0.29) is 5.54 Å². The van der Waals surface area contributed by atoms with Crippen LogP contribution < -0.4 is 5.73 Å². The molecule has 0 rings (SSSR count). The lowest BCUT2D eigenvalue weighted by molar-refractivity contribution is 0.409. The van der Waals surface area contributed by atoms with Crippen LogP contribution in [0.15, 0.2) is 17.5 Å². The zero-order valence-electron chi connectivity index (χ0n) is 9.86. The standard InChI is InChI=1S/C11H23NSi/c1-8-10(13(5,6)7)11(4,12)9(2)3/h9H,1,12H2,2-7H3/t11-/m0/s1. The summed E-state index contributed by atoms with van der Waals surface area (Å²) in [6.45, 7) is 17.0. The van der Waals surface area contributed by atoms with Gasteiger partial charge in [-0.15, -0.1) is 5.73 Å². The Hall–Kier alpha value is -0.303. The van der Waals surface area contributed by atoms with Gasteiger partial charge in [-0.3, -0.25) is 0 Å². The van der Waals surface area contributed by atoms with E-state index in [9.17, 15) is 0 Å². The Labute approximate surface area is 83.7 Å². The molecule has 0 saturated heterocycles. The number of rotatable bonds is 3. The predicted octanol–water partition coefficient (Wildman–Crippen LogP) is 2.95. The molecule has 76 valence electrons. The largest absolute Gasteiger partial charge is 0.321 e. The molecule has 0 amide bonds. The molecule has 0 unspecified atom stereocenters. The van der Waals surface area contributed by atoms with Gasteiger partial charge in [0.05, 0.1) is 8.07 Å². The van der Waals surface area contributed by atoms with E-state index < -0.39 is 8.07 Å². The zero-order chi connectivity index (χ0) is 10.9. The quantitative estimate of drug-likeness (QED) is 0.546. The Kier molecular flexibility index (Phi) is 3.74. The molecule has 0 bridgehead atoms. The maximum absolute atomic E-state index is 6.30. The van der Waals surface area contributed by atoms with Crippen molar-refractivity contribution < 1.29 is 0 Å². The van der Waals surface area contributed by atoms with Crippen molar-refractivity contribution in [3.05, 3.63) is 17.5 Å². The third-order valence-corrected chi connectivity index (χ3v) is 4.88. The lowest BCUT2D eigenvalue weighted by Gasteiger charge is -2.37. The molecule has 0 aliphatic rings. The second-order valence-electron chi connectivity index (χ2n) is 5.24. The summed E-state index contributed by atoms with van der Waals surface area (Å²) in [6.07, 6.45) is 0. The van der Waals surface area contributed by atoms with Crippen molar-refractivity contribution in [1.82, 2.24) is 0 Å². The molecule has 13 heavy (non-hydrogen) atoms. The summed E-state index contributed by atoms with van der Waals surface area (Å²) in [7, 11) is -1.37. The summed E-state index contributed by atoms with van der Waals surface area (Å²) in [5, 5.41) is 1.25. The summed E-state index contributed by atoms with van der Waals surface area (Å²) >= 11 is 0. The Balaban J connectivity index is 5.15. The Morgan fingerprint density at radius 3 is 1.85 bits per heavy atom. The van der Waals surface area contributed by atoms with Gasteiger partial charge < -0.3 is 5.73 Å². The van der Waals surface area contributed by atoms with Gasteiger partial charge in [-0.05, 0) is 18.0 Å². The SMILES string of the molecule is C=C=C([C@@](C)(N)C(C)C)[Si](C)(C)C. The number of hydrogen-bond donors (Lipinski definition) is 1. The Morgan fingerprint density at radius 2 is 1.77 bits per heavy atom. The summed E-state index contributed by atoms with van der Waals surface area (Å²) in [4.78, 5) is 0. The van der Waals surface area contributed by atoms with E-state index in [2.05, 4.69) is 52.7 Å². The van der Waals surface area contributed by atoms with E-state index in [1.165, 1.54) is 5.20 Å². The van der Waals surface area contributed by atoms with Crippen LogP contribution >= 0.6 is 0 Å². The number of hydrogen-bond acceptors (Lipinski definition) is 1. The molecule has 0 aromatic carbocycles. The first-order chi connectivity index (χ1) is 5.64. The van der Waals surface area contributed by atoms with Crippen LogP contribution in [-0.4, -0.2) is 13.6 Å². The molecule has 0 aromatic heterocycles. The van der Waals surface area contributed by atoms with Gasteiger partial charge in [-0.25, -0.2) is 0 Å². The van der Waals surface area contributed by atoms with Gasteiger partial charge in [0.15, 0.2) is 0 Å². The van der Waals surface area contributed by atoms with Gasteiger partial charge >= 0.3 is 0 Å². The third kappa shape index (κ3) is 2.83. The summed E-state index contributed by atoms with van der Waals surface area (Å²) in [6, 6.07) is 0. The van der Waals surface area contributed by atoms with Crippen molar-refractivity contribution in [2.75, 3.05) is 0 Å². The Bertz CT molecular complexity index is 227. The second kappa shape index (κ2) is 3.83. The predicted molar refractivity (Wildman–Crippen MR) is 63.4 cm³/mol. The van der Waals surface area contributed by atoms with Crippen molar-refractivity contribution in [3.63, 3.8) is 0 Å². The third-order valence-electron chi connectivity index (χ3n) is 2.66. The fourth-order valence-electron chi connectivity index (χ4n) is 1.55. The fraction of sp³-hybridized carbons (Fsp3) is 0.727. The average molecular weight is 197 g/mol. The monoisotopic (exact) mass is 197 g/mol. The average Bonchev–Trinajstić information content (AvgIpc) is 1.83. The second-order valence-corrected chi connectivity index (χ2v) is 10.2. The van der Waals surface area contributed by atoms with Gasteiger partial charge in [0.25, 0.3) is 0 Å². The normalized spacial score (nSPS) is 16.6. The minimum Gasteiger partial charge on any atom is -0.321 e.